The Kier molecular flexibility index (Phi) is 6.06. The molecule has 1 amide bonds. The van der Waals surface area contributed by atoms with Crippen molar-refractivity contribution in [2.24, 2.45) is 0 Å². The van der Waals surface area contributed by atoms with Crippen LogP contribution in [0.5, 0.6) is 0 Å². The molecule has 0 aromatic heterocycles. The minimum Gasteiger partial charge on any atom is -0.465 e. The predicted octanol–water partition coefficient (Wildman–Crippen LogP) is 0.748. The number of hydrogen-bond donors (Lipinski definition) is 3. The van der Waals surface area contributed by atoms with Gasteiger partial charge < -0.3 is 20.4 Å². The van der Waals surface area contributed by atoms with E-state index in [2.05, 4.69) is 5.32 Å². The quantitative estimate of drug-likeness (QED) is 0.613. The van der Waals surface area contributed by atoms with E-state index in [1.807, 2.05) is 30.3 Å². The zero-order valence-corrected chi connectivity index (χ0v) is 9.67. The number of hydrogen-bond acceptors (Lipinski definition) is 3. The fraction of sp³-hybridized carbons (Fsp3) is 0.417. The predicted molar refractivity (Wildman–Crippen MR) is 64.8 cm³/mol. The number of carbonyl (C=O) groups is 1. The molecule has 0 saturated heterocycles. The Bertz CT molecular complexity index is 330. The molecule has 94 valence electrons. The summed E-state index contributed by atoms with van der Waals surface area (Å²) in [6.07, 6.45) is -0.931. The van der Waals surface area contributed by atoms with Gasteiger partial charge in [-0.05, 0) is 5.56 Å². The second kappa shape index (κ2) is 7.65. The second-order valence-corrected chi connectivity index (χ2v) is 3.66. The molecule has 1 aromatic carbocycles. The molecule has 1 rings (SSSR count). The molecule has 0 aliphatic heterocycles. The van der Waals surface area contributed by atoms with Crippen LogP contribution in [-0.4, -0.2) is 47.4 Å². The monoisotopic (exact) mass is 238 g/mol. The minimum atomic E-state index is -0.931. The Labute approximate surface area is 101 Å². The highest BCUT2D eigenvalue weighted by Gasteiger charge is 2.11. The fourth-order valence-electron chi connectivity index (χ4n) is 1.46. The van der Waals surface area contributed by atoms with Crippen molar-refractivity contribution in [3.8, 4) is 0 Å². The van der Waals surface area contributed by atoms with Gasteiger partial charge in [-0.25, -0.2) is 4.79 Å². The summed E-state index contributed by atoms with van der Waals surface area (Å²) in [5, 5.41) is 20.6. The van der Waals surface area contributed by atoms with Crippen LogP contribution in [0.4, 0.5) is 4.79 Å². The maximum Gasteiger partial charge on any atom is 0.407 e. The molecule has 0 spiro atoms. The molecule has 0 saturated carbocycles. The number of nitrogens with one attached hydrogen (secondary N) is 1. The number of amides is 1. The lowest BCUT2D eigenvalue weighted by molar-refractivity contribution is 0.142. The van der Waals surface area contributed by atoms with E-state index < -0.39 is 6.09 Å². The first-order valence-electron chi connectivity index (χ1n) is 5.57. The molecule has 5 nitrogen and oxygen atoms in total. The third-order valence-corrected chi connectivity index (χ3v) is 2.33. The molecular formula is C12H18N2O3. The Balaban J connectivity index is 2.41. The maximum absolute atomic E-state index is 11.0. The van der Waals surface area contributed by atoms with Crippen molar-refractivity contribution in [2.45, 2.75) is 6.54 Å². The normalized spacial score (nSPS) is 10.2. The molecular weight excluding hydrogens is 220 g/mol. The van der Waals surface area contributed by atoms with E-state index in [4.69, 9.17) is 10.2 Å². The van der Waals surface area contributed by atoms with Gasteiger partial charge in [-0.1, -0.05) is 30.3 Å². The molecule has 3 N–H and O–H groups in total. The van der Waals surface area contributed by atoms with Crippen molar-refractivity contribution < 1.29 is 15.0 Å². The molecule has 17 heavy (non-hydrogen) atoms. The first-order valence-corrected chi connectivity index (χ1v) is 5.57. The van der Waals surface area contributed by atoms with E-state index in [0.717, 1.165) is 5.56 Å². The molecule has 0 radical (unpaired) electrons. The van der Waals surface area contributed by atoms with Crippen molar-refractivity contribution in [1.82, 2.24) is 10.2 Å². The van der Waals surface area contributed by atoms with Gasteiger partial charge in [0.1, 0.15) is 0 Å². The van der Waals surface area contributed by atoms with Gasteiger partial charge >= 0.3 is 6.09 Å². The van der Waals surface area contributed by atoms with Crippen LogP contribution in [0.25, 0.3) is 0 Å². The summed E-state index contributed by atoms with van der Waals surface area (Å²) in [5.41, 5.74) is 0.969. The van der Waals surface area contributed by atoms with E-state index in [1.165, 1.54) is 4.90 Å². The van der Waals surface area contributed by atoms with Crippen LogP contribution in [0.1, 0.15) is 5.56 Å². The van der Waals surface area contributed by atoms with Gasteiger partial charge in [0.15, 0.2) is 0 Å². The number of carboxylic acid groups (broad SMARTS) is 1. The van der Waals surface area contributed by atoms with E-state index in [1.54, 1.807) is 0 Å². The molecule has 0 heterocycles. The Hall–Kier alpha value is -1.59. The van der Waals surface area contributed by atoms with Crippen LogP contribution in [0.2, 0.25) is 0 Å². The molecule has 5 heteroatoms. The number of rotatable bonds is 7. The zero-order chi connectivity index (χ0) is 12.5. The van der Waals surface area contributed by atoms with Crippen LogP contribution in [0, 0.1) is 0 Å². The minimum absolute atomic E-state index is 0.0613. The van der Waals surface area contributed by atoms with Gasteiger partial charge in [-0.2, -0.15) is 0 Å². The highest BCUT2D eigenvalue weighted by Crippen LogP contribution is 2.03. The SMILES string of the molecule is O=C(O)N(CCNCCO)Cc1ccccc1. The summed E-state index contributed by atoms with van der Waals surface area (Å²) >= 11 is 0. The van der Waals surface area contributed by atoms with Crippen LogP contribution in [0.3, 0.4) is 0 Å². The van der Waals surface area contributed by atoms with Crippen molar-refractivity contribution in [3.05, 3.63) is 35.9 Å². The summed E-state index contributed by atoms with van der Waals surface area (Å²) in [6.45, 7) is 1.88. The molecule has 0 atom stereocenters. The number of benzene rings is 1. The number of nitrogens with zero attached hydrogens (tertiary/aromatic N) is 1. The van der Waals surface area contributed by atoms with E-state index in [0.29, 0.717) is 26.2 Å². The van der Waals surface area contributed by atoms with E-state index >= 15 is 0 Å². The first kappa shape index (κ1) is 13.5. The van der Waals surface area contributed by atoms with Gasteiger partial charge in [-0.15, -0.1) is 0 Å². The zero-order valence-electron chi connectivity index (χ0n) is 9.67. The van der Waals surface area contributed by atoms with Gasteiger partial charge in [0, 0.05) is 26.2 Å². The summed E-state index contributed by atoms with van der Waals surface area (Å²) in [5.74, 6) is 0. The Morgan fingerprint density at radius 1 is 1.24 bits per heavy atom. The molecule has 0 aliphatic carbocycles. The van der Waals surface area contributed by atoms with Gasteiger partial charge in [-0.3, -0.25) is 0 Å². The molecule has 0 unspecified atom stereocenters. The largest absolute Gasteiger partial charge is 0.465 e. The van der Waals surface area contributed by atoms with Crippen LogP contribution in [-0.2, 0) is 6.54 Å². The lowest BCUT2D eigenvalue weighted by Crippen LogP contribution is -2.36. The Morgan fingerprint density at radius 3 is 2.53 bits per heavy atom. The van der Waals surface area contributed by atoms with Crippen LogP contribution < -0.4 is 5.32 Å². The summed E-state index contributed by atoms with van der Waals surface area (Å²) in [6, 6.07) is 9.48. The van der Waals surface area contributed by atoms with Crippen LogP contribution >= 0.6 is 0 Å². The molecule has 1 aromatic rings. The standard InChI is InChI=1S/C12H18N2O3/c15-9-7-13-6-8-14(12(16)17)10-11-4-2-1-3-5-11/h1-5,13,15H,6-10H2,(H,16,17). The lowest BCUT2D eigenvalue weighted by atomic mass is 10.2. The summed E-state index contributed by atoms with van der Waals surface area (Å²) in [4.78, 5) is 12.4. The lowest BCUT2D eigenvalue weighted by Gasteiger charge is -2.19. The molecule has 0 fully saturated rings. The van der Waals surface area contributed by atoms with Crippen molar-refractivity contribution >= 4 is 6.09 Å². The van der Waals surface area contributed by atoms with Crippen molar-refractivity contribution in [2.75, 3.05) is 26.2 Å². The average Bonchev–Trinajstić information content (AvgIpc) is 2.34. The molecule has 0 bridgehead atoms. The summed E-state index contributed by atoms with van der Waals surface area (Å²) < 4.78 is 0. The van der Waals surface area contributed by atoms with Crippen molar-refractivity contribution in [3.63, 3.8) is 0 Å². The number of aliphatic hydroxyl groups excluding tert-OH is 1. The highest BCUT2D eigenvalue weighted by atomic mass is 16.4. The third kappa shape index (κ3) is 5.33. The van der Waals surface area contributed by atoms with Crippen LogP contribution in [0.15, 0.2) is 30.3 Å². The maximum atomic E-state index is 11.0. The highest BCUT2D eigenvalue weighted by molar-refractivity contribution is 5.65. The van der Waals surface area contributed by atoms with E-state index in [-0.39, 0.29) is 6.61 Å². The topological polar surface area (TPSA) is 72.8 Å². The van der Waals surface area contributed by atoms with E-state index in [9.17, 15) is 4.79 Å². The van der Waals surface area contributed by atoms with Gasteiger partial charge in [0.25, 0.3) is 0 Å². The molecule has 0 aliphatic rings. The smallest absolute Gasteiger partial charge is 0.407 e. The van der Waals surface area contributed by atoms with Gasteiger partial charge in [0.05, 0.1) is 6.61 Å². The second-order valence-electron chi connectivity index (χ2n) is 3.66. The fourth-order valence-corrected chi connectivity index (χ4v) is 1.46. The first-order chi connectivity index (χ1) is 8.24. The van der Waals surface area contributed by atoms with Crippen molar-refractivity contribution in [1.29, 1.82) is 0 Å². The van der Waals surface area contributed by atoms with Gasteiger partial charge in [0.2, 0.25) is 0 Å². The summed E-state index contributed by atoms with van der Waals surface area (Å²) in [7, 11) is 0. The third-order valence-electron chi connectivity index (χ3n) is 2.33. The number of aliphatic hydroxyl groups is 1. The Morgan fingerprint density at radius 2 is 1.94 bits per heavy atom. The average molecular weight is 238 g/mol.